The molecule has 6 heteroatoms. The summed E-state index contributed by atoms with van der Waals surface area (Å²) < 4.78 is 10.6. The van der Waals surface area contributed by atoms with Crippen molar-refractivity contribution in [3.63, 3.8) is 0 Å². The van der Waals surface area contributed by atoms with Gasteiger partial charge in [-0.05, 0) is 25.0 Å². The molecule has 0 aliphatic carbocycles. The van der Waals surface area contributed by atoms with Crippen LogP contribution in [0.2, 0.25) is 0 Å². The molecule has 2 amide bonds. The number of rotatable bonds is 4. The maximum Gasteiger partial charge on any atom is 0.231 e. The largest absolute Gasteiger partial charge is 0.493 e. The molecule has 1 saturated heterocycles. The Kier molecular flexibility index (Phi) is 6.16. The summed E-state index contributed by atoms with van der Waals surface area (Å²) in [5.74, 6) is 1.13. The van der Waals surface area contributed by atoms with Crippen LogP contribution in [0.4, 0.5) is 5.69 Å². The lowest BCUT2D eigenvalue weighted by Gasteiger charge is -2.37. The number of benzene rings is 1. The van der Waals surface area contributed by atoms with Crippen molar-refractivity contribution in [1.29, 1.82) is 0 Å². The van der Waals surface area contributed by atoms with Crippen molar-refractivity contribution >= 4 is 17.5 Å². The van der Waals surface area contributed by atoms with Crippen LogP contribution in [0.5, 0.6) is 11.5 Å². The molecular weight excluding hydrogens is 332 g/mol. The highest BCUT2D eigenvalue weighted by molar-refractivity contribution is 5.95. The van der Waals surface area contributed by atoms with Crippen LogP contribution < -0.4 is 14.4 Å². The van der Waals surface area contributed by atoms with Gasteiger partial charge in [0.15, 0.2) is 11.5 Å². The quantitative estimate of drug-likeness (QED) is 0.826. The van der Waals surface area contributed by atoms with Crippen LogP contribution in [-0.4, -0.2) is 51.1 Å². The summed E-state index contributed by atoms with van der Waals surface area (Å²) in [5, 5.41) is 0. The van der Waals surface area contributed by atoms with E-state index in [0.29, 0.717) is 18.0 Å². The molecule has 0 unspecified atom stereocenters. The summed E-state index contributed by atoms with van der Waals surface area (Å²) >= 11 is 0. The monoisotopic (exact) mass is 362 g/mol. The predicted molar refractivity (Wildman–Crippen MR) is 102 cm³/mol. The van der Waals surface area contributed by atoms with E-state index in [-0.39, 0.29) is 17.7 Å². The van der Waals surface area contributed by atoms with Crippen LogP contribution >= 0.6 is 0 Å². The normalized spacial score (nSPS) is 17.6. The second-order valence-corrected chi connectivity index (χ2v) is 7.78. The summed E-state index contributed by atoms with van der Waals surface area (Å²) in [6, 6.07) is 5.41. The Morgan fingerprint density at radius 3 is 2.38 bits per heavy atom. The van der Waals surface area contributed by atoms with Gasteiger partial charge >= 0.3 is 0 Å². The van der Waals surface area contributed by atoms with E-state index in [2.05, 4.69) is 0 Å². The number of carbonyl (C=O) groups is 2. The average molecular weight is 362 g/mol. The van der Waals surface area contributed by atoms with E-state index < -0.39 is 5.41 Å². The molecule has 0 aromatic heterocycles. The van der Waals surface area contributed by atoms with E-state index >= 15 is 0 Å². The van der Waals surface area contributed by atoms with Gasteiger partial charge in [-0.25, -0.2) is 0 Å². The zero-order valence-corrected chi connectivity index (χ0v) is 16.7. The molecule has 0 spiro atoms. The molecule has 0 bridgehead atoms. The molecule has 1 aliphatic heterocycles. The van der Waals surface area contributed by atoms with Gasteiger partial charge in [0.25, 0.3) is 0 Å². The topological polar surface area (TPSA) is 59.1 Å². The smallest absolute Gasteiger partial charge is 0.231 e. The lowest BCUT2D eigenvalue weighted by Crippen LogP contribution is -2.49. The molecule has 0 N–H and O–H groups in total. The first-order valence-electron chi connectivity index (χ1n) is 8.98. The minimum absolute atomic E-state index is 0.0172. The van der Waals surface area contributed by atoms with Gasteiger partial charge in [-0.2, -0.15) is 0 Å². The number of nitrogens with zero attached hydrogens (tertiary/aromatic N) is 2. The van der Waals surface area contributed by atoms with E-state index in [9.17, 15) is 9.59 Å². The van der Waals surface area contributed by atoms with Crippen molar-refractivity contribution in [3.05, 3.63) is 18.2 Å². The van der Waals surface area contributed by atoms with Crippen LogP contribution in [0.3, 0.4) is 0 Å². The molecule has 1 fully saturated rings. The molecule has 0 radical (unpaired) electrons. The van der Waals surface area contributed by atoms with Crippen molar-refractivity contribution in [2.75, 3.05) is 39.3 Å². The Morgan fingerprint density at radius 2 is 1.81 bits per heavy atom. The minimum atomic E-state index is -0.430. The number of methoxy groups -OCH3 is 2. The van der Waals surface area contributed by atoms with Gasteiger partial charge in [0.1, 0.15) is 0 Å². The summed E-state index contributed by atoms with van der Waals surface area (Å²) in [4.78, 5) is 29.0. The zero-order chi connectivity index (χ0) is 19.5. The summed E-state index contributed by atoms with van der Waals surface area (Å²) in [7, 11) is 4.91. The maximum absolute atomic E-state index is 13.0. The summed E-state index contributed by atoms with van der Waals surface area (Å²) in [6.07, 6.45) is 1.64. The molecule has 144 valence electrons. The molecular formula is C20H30N2O4. The molecule has 0 saturated carbocycles. The first-order valence-corrected chi connectivity index (χ1v) is 8.98. The van der Waals surface area contributed by atoms with Crippen molar-refractivity contribution < 1.29 is 19.1 Å². The highest BCUT2D eigenvalue weighted by atomic mass is 16.5. The first-order chi connectivity index (χ1) is 12.2. The number of ether oxygens (including phenoxy) is 2. The lowest BCUT2D eigenvalue weighted by atomic mass is 9.90. The zero-order valence-electron chi connectivity index (χ0n) is 16.7. The van der Waals surface area contributed by atoms with Crippen LogP contribution in [0.1, 0.15) is 33.6 Å². The van der Waals surface area contributed by atoms with E-state index in [1.54, 1.807) is 38.3 Å². The number of piperidine rings is 1. The van der Waals surface area contributed by atoms with Crippen LogP contribution in [-0.2, 0) is 9.59 Å². The van der Waals surface area contributed by atoms with Gasteiger partial charge in [-0.15, -0.1) is 0 Å². The van der Waals surface area contributed by atoms with Crippen molar-refractivity contribution in [2.45, 2.75) is 33.6 Å². The van der Waals surface area contributed by atoms with Crippen molar-refractivity contribution in [1.82, 2.24) is 4.90 Å². The van der Waals surface area contributed by atoms with E-state index in [1.165, 1.54) is 0 Å². The maximum atomic E-state index is 13.0. The standard InChI is InChI=1S/C20H30N2O4/c1-20(2,3)19(24)22-11-7-8-14(13-22)18(23)21(4)15-9-10-16(25-5)17(12-15)26-6/h9-10,12,14H,7-8,11,13H2,1-6H3/t14-/m1/s1. The fourth-order valence-electron chi connectivity index (χ4n) is 3.27. The van der Waals surface area contributed by atoms with Gasteiger partial charge in [-0.1, -0.05) is 20.8 Å². The highest BCUT2D eigenvalue weighted by Crippen LogP contribution is 2.32. The van der Waals surface area contributed by atoms with Crippen LogP contribution in [0, 0.1) is 11.3 Å². The van der Waals surface area contributed by atoms with Crippen molar-refractivity contribution in [2.24, 2.45) is 11.3 Å². The molecule has 2 rings (SSSR count). The second kappa shape index (κ2) is 7.98. The van der Waals surface area contributed by atoms with Gasteiger partial charge in [0.05, 0.1) is 20.1 Å². The van der Waals surface area contributed by atoms with Gasteiger partial charge in [-0.3, -0.25) is 9.59 Å². The summed E-state index contributed by atoms with van der Waals surface area (Å²) in [5.41, 5.74) is 0.312. The first kappa shape index (κ1) is 20.1. The SMILES string of the molecule is COc1ccc(N(C)C(=O)[C@@H]2CCCN(C(=O)C(C)(C)C)C2)cc1OC. The number of likely N-dealkylation sites (tertiary alicyclic amines) is 1. The lowest BCUT2D eigenvalue weighted by molar-refractivity contribution is -0.142. The fourth-order valence-corrected chi connectivity index (χ4v) is 3.27. The van der Waals surface area contributed by atoms with Crippen molar-refractivity contribution in [3.8, 4) is 11.5 Å². The average Bonchev–Trinajstić information content (AvgIpc) is 2.64. The number of hydrogen-bond donors (Lipinski definition) is 0. The Morgan fingerprint density at radius 1 is 1.15 bits per heavy atom. The van der Waals surface area contributed by atoms with E-state index in [1.807, 2.05) is 31.7 Å². The third-order valence-corrected chi connectivity index (χ3v) is 4.78. The fraction of sp³-hybridized carbons (Fsp3) is 0.600. The Labute approximate surface area is 156 Å². The molecule has 1 aromatic carbocycles. The van der Waals surface area contributed by atoms with Gasteiger partial charge in [0.2, 0.25) is 11.8 Å². The number of amides is 2. The highest BCUT2D eigenvalue weighted by Gasteiger charge is 2.34. The third-order valence-electron chi connectivity index (χ3n) is 4.78. The number of hydrogen-bond acceptors (Lipinski definition) is 4. The Hall–Kier alpha value is -2.24. The molecule has 1 atom stereocenters. The number of anilines is 1. The van der Waals surface area contributed by atoms with Crippen LogP contribution in [0.15, 0.2) is 18.2 Å². The third kappa shape index (κ3) is 4.29. The van der Waals surface area contributed by atoms with E-state index in [4.69, 9.17) is 9.47 Å². The van der Waals surface area contributed by atoms with Gasteiger partial charge < -0.3 is 19.3 Å². The molecule has 1 aliphatic rings. The minimum Gasteiger partial charge on any atom is -0.493 e. The molecule has 26 heavy (non-hydrogen) atoms. The molecule has 1 heterocycles. The molecule has 6 nitrogen and oxygen atoms in total. The number of carbonyl (C=O) groups excluding carboxylic acids is 2. The van der Waals surface area contributed by atoms with Crippen LogP contribution in [0.25, 0.3) is 0 Å². The molecule has 1 aromatic rings. The second-order valence-electron chi connectivity index (χ2n) is 7.78. The summed E-state index contributed by atoms with van der Waals surface area (Å²) in [6.45, 7) is 6.94. The Balaban J connectivity index is 2.13. The van der Waals surface area contributed by atoms with Gasteiger partial charge in [0, 0.05) is 37.3 Å². The Bertz CT molecular complexity index is 666. The van der Waals surface area contributed by atoms with E-state index in [0.717, 1.165) is 25.1 Å². The predicted octanol–water partition coefficient (Wildman–Crippen LogP) is 2.95.